The Morgan fingerprint density at radius 1 is 1.07 bits per heavy atom. The molecule has 166 valence electrons. The van der Waals surface area contributed by atoms with Crippen molar-refractivity contribution in [1.82, 2.24) is 5.32 Å². The smallest absolute Gasteiger partial charge is 0.349 e. The summed E-state index contributed by atoms with van der Waals surface area (Å²) in [6, 6.07) is 5.76. The van der Waals surface area contributed by atoms with Crippen molar-refractivity contribution in [2.75, 3.05) is 19.0 Å². The largest absolute Gasteiger partial charge is 0.465 e. The highest BCUT2D eigenvalue weighted by atomic mass is 35.5. The molecule has 7 heteroatoms. The summed E-state index contributed by atoms with van der Waals surface area (Å²) in [5, 5.41) is 8.38. The number of thiophene rings is 1. The number of fused-ring (bicyclic) bond motifs is 1. The van der Waals surface area contributed by atoms with Crippen LogP contribution in [0.3, 0.4) is 0 Å². The zero-order valence-corrected chi connectivity index (χ0v) is 20.4. The molecule has 0 radical (unpaired) electrons. The third-order valence-corrected chi connectivity index (χ3v) is 6.96. The minimum Gasteiger partial charge on any atom is -0.465 e. The monoisotopic (exact) mass is 468 g/mol. The predicted molar refractivity (Wildman–Crippen MR) is 134 cm³/mol. The molecule has 2 rings (SSSR count). The fourth-order valence-corrected chi connectivity index (χ4v) is 5.04. The zero-order valence-electron chi connectivity index (χ0n) is 18.0. The van der Waals surface area contributed by atoms with E-state index in [-0.39, 0.29) is 0 Å². The van der Waals surface area contributed by atoms with Gasteiger partial charge in [-0.3, -0.25) is 0 Å². The van der Waals surface area contributed by atoms with Crippen LogP contribution in [-0.2, 0) is 4.74 Å². The first-order valence-corrected chi connectivity index (χ1v) is 12.5. The lowest BCUT2D eigenvalue weighted by atomic mass is 10.1. The van der Waals surface area contributed by atoms with Gasteiger partial charge in [-0.2, -0.15) is 0 Å². The maximum atomic E-state index is 11.8. The summed E-state index contributed by atoms with van der Waals surface area (Å²) < 4.78 is 5.71. The average Bonchev–Trinajstić information content (AvgIpc) is 3.07. The van der Waals surface area contributed by atoms with Crippen molar-refractivity contribution in [3.63, 3.8) is 0 Å². The Labute approximate surface area is 194 Å². The van der Waals surface area contributed by atoms with Gasteiger partial charge in [-0.1, -0.05) is 76.3 Å². The van der Waals surface area contributed by atoms with E-state index in [1.54, 1.807) is 0 Å². The molecular formula is C23H33ClN2O2S2. The maximum Gasteiger partial charge on any atom is 0.349 e. The standard InChI is InChI=1S/C23H33ClN2O2S2/c1-3-4-5-6-7-8-9-10-11-12-15-25-23(29)26-17-13-14-18-19(16-17)30-21(20(18)24)22(27)28-2/h13-14,16H,3-12,15H2,1-2H3,(H2,25,26,29). The van der Waals surface area contributed by atoms with E-state index in [1.807, 2.05) is 18.2 Å². The van der Waals surface area contributed by atoms with Crippen molar-refractivity contribution < 1.29 is 9.53 Å². The Bertz CT molecular complexity index is 823. The second-order valence-corrected chi connectivity index (χ2v) is 9.35. The van der Waals surface area contributed by atoms with E-state index < -0.39 is 5.97 Å². The van der Waals surface area contributed by atoms with Crippen LogP contribution in [0.25, 0.3) is 10.1 Å². The van der Waals surface area contributed by atoms with Gasteiger partial charge in [0.25, 0.3) is 0 Å². The van der Waals surface area contributed by atoms with Crippen molar-refractivity contribution in [3.8, 4) is 0 Å². The van der Waals surface area contributed by atoms with Gasteiger partial charge >= 0.3 is 5.97 Å². The lowest BCUT2D eigenvalue weighted by molar-refractivity contribution is 0.0606. The second-order valence-electron chi connectivity index (χ2n) is 7.51. The Balaban J connectivity index is 1.65. The number of methoxy groups -OCH3 is 1. The molecule has 1 aromatic carbocycles. The van der Waals surface area contributed by atoms with Crippen molar-refractivity contribution in [2.45, 2.75) is 71.1 Å². The summed E-state index contributed by atoms with van der Waals surface area (Å²) in [4.78, 5) is 12.2. The van der Waals surface area contributed by atoms with Gasteiger partial charge in [0, 0.05) is 22.3 Å². The summed E-state index contributed by atoms with van der Waals surface area (Å²) in [6.07, 6.45) is 13.2. The fraction of sp³-hybridized carbons (Fsp3) is 0.565. The van der Waals surface area contributed by atoms with Crippen molar-refractivity contribution in [2.24, 2.45) is 0 Å². The first-order valence-electron chi connectivity index (χ1n) is 10.9. The molecule has 4 nitrogen and oxygen atoms in total. The maximum absolute atomic E-state index is 11.8. The normalized spacial score (nSPS) is 10.9. The van der Waals surface area contributed by atoms with E-state index in [0.717, 1.165) is 28.7 Å². The third kappa shape index (κ3) is 8.05. The lowest BCUT2D eigenvalue weighted by Gasteiger charge is -2.10. The molecule has 0 spiro atoms. The van der Waals surface area contributed by atoms with Crippen LogP contribution in [-0.4, -0.2) is 24.7 Å². The number of ether oxygens (including phenoxy) is 1. The highest BCUT2D eigenvalue weighted by Crippen LogP contribution is 2.37. The van der Waals surface area contributed by atoms with Crippen LogP contribution in [0.2, 0.25) is 5.02 Å². The predicted octanol–water partition coefficient (Wildman–Crippen LogP) is 7.55. The lowest BCUT2D eigenvalue weighted by Crippen LogP contribution is -2.29. The van der Waals surface area contributed by atoms with Crippen LogP contribution in [0.5, 0.6) is 0 Å². The van der Waals surface area contributed by atoms with Gasteiger partial charge in [-0.05, 0) is 36.8 Å². The number of benzene rings is 1. The first kappa shape index (κ1) is 24.9. The summed E-state index contributed by atoms with van der Waals surface area (Å²) in [5.74, 6) is -0.413. The van der Waals surface area contributed by atoms with Gasteiger partial charge in [0.15, 0.2) is 5.11 Å². The minimum atomic E-state index is -0.413. The molecular weight excluding hydrogens is 436 g/mol. The number of thiocarbonyl (C=S) groups is 1. The van der Waals surface area contributed by atoms with Crippen LogP contribution >= 0.6 is 35.2 Å². The first-order chi connectivity index (χ1) is 14.6. The molecule has 0 unspecified atom stereocenters. The van der Waals surface area contributed by atoms with Crippen LogP contribution in [0.4, 0.5) is 5.69 Å². The number of esters is 1. The van der Waals surface area contributed by atoms with Crippen molar-refractivity contribution in [3.05, 3.63) is 28.1 Å². The average molecular weight is 469 g/mol. The SMILES string of the molecule is CCCCCCCCCCCCNC(=S)Nc1ccc2c(Cl)c(C(=O)OC)sc2c1. The van der Waals surface area contributed by atoms with Crippen molar-refractivity contribution >= 4 is 62.0 Å². The number of anilines is 1. The number of hydrogen-bond acceptors (Lipinski definition) is 4. The summed E-state index contributed by atoms with van der Waals surface area (Å²) in [7, 11) is 1.36. The summed E-state index contributed by atoms with van der Waals surface area (Å²) in [6.45, 7) is 3.14. The van der Waals surface area contributed by atoms with Crippen molar-refractivity contribution in [1.29, 1.82) is 0 Å². The number of halogens is 1. The van der Waals surface area contributed by atoms with E-state index in [4.69, 9.17) is 28.6 Å². The minimum absolute atomic E-state index is 0.413. The van der Waals surface area contributed by atoms with Crippen LogP contribution in [0.15, 0.2) is 18.2 Å². The number of unbranched alkanes of at least 4 members (excludes halogenated alkanes) is 9. The molecule has 0 fully saturated rings. The molecule has 2 aromatic rings. The van der Waals surface area contributed by atoms with E-state index in [9.17, 15) is 4.79 Å². The molecule has 0 bridgehead atoms. The topological polar surface area (TPSA) is 50.4 Å². The summed E-state index contributed by atoms with van der Waals surface area (Å²) >= 11 is 13.0. The van der Waals surface area contributed by atoms with Gasteiger partial charge in [-0.15, -0.1) is 11.3 Å². The molecule has 0 aliphatic heterocycles. The van der Waals surface area contributed by atoms with Crippen LogP contribution in [0.1, 0.15) is 80.8 Å². The van der Waals surface area contributed by atoms with Gasteiger partial charge < -0.3 is 15.4 Å². The molecule has 2 N–H and O–H groups in total. The van der Waals surface area contributed by atoms with Crippen LogP contribution in [0, 0.1) is 0 Å². The molecule has 0 amide bonds. The number of rotatable bonds is 13. The number of carbonyl (C=O) groups excluding carboxylic acids is 1. The van der Waals surface area contributed by atoms with Gasteiger partial charge in [0.05, 0.1) is 12.1 Å². The fourth-order valence-electron chi connectivity index (χ4n) is 3.36. The molecule has 0 aliphatic carbocycles. The zero-order chi connectivity index (χ0) is 21.8. The van der Waals surface area contributed by atoms with Crippen LogP contribution < -0.4 is 10.6 Å². The Morgan fingerprint density at radius 3 is 2.33 bits per heavy atom. The van der Waals surface area contributed by atoms with E-state index in [0.29, 0.717) is 15.0 Å². The molecule has 0 saturated heterocycles. The third-order valence-electron chi connectivity index (χ3n) is 5.07. The van der Waals surface area contributed by atoms with E-state index in [1.165, 1.54) is 76.2 Å². The molecule has 1 aromatic heterocycles. The number of nitrogens with one attached hydrogen (secondary N) is 2. The Hall–Kier alpha value is -1.37. The number of hydrogen-bond donors (Lipinski definition) is 2. The van der Waals surface area contributed by atoms with Gasteiger partial charge in [0.2, 0.25) is 0 Å². The number of carbonyl (C=O) groups is 1. The van der Waals surface area contributed by atoms with Gasteiger partial charge in [0.1, 0.15) is 4.88 Å². The quantitative estimate of drug-likeness (QED) is 0.180. The molecule has 30 heavy (non-hydrogen) atoms. The van der Waals surface area contributed by atoms with E-state index in [2.05, 4.69) is 17.6 Å². The molecule has 0 saturated carbocycles. The highest BCUT2D eigenvalue weighted by Gasteiger charge is 2.17. The Kier molecular flexibility index (Phi) is 11.5. The summed E-state index contributed by atoms with van der Waals surface area (Å²) in [5.41, 5.74) is 0.873. The highest BCUT2D eigenvalue weighted by molar-refractivity contribution is 7.80. The van der Waals surface area contributed by atoms with E-state index >= 15 is 0 Å². The molecule has 0 aliphatic rings. The second kappa shape index (κ2) is 13.8. The molecule has 1 heterocycles. The Morgan fingerprint density at radius 2 is 1.70 bits per heavy atom. The molecule has 0 atom stereocenters. The van der Waals surface area contributed by atoms with Gasteiger partial charge in [-0.25, -0.2) is 4.79 Å².